The molecule has 2 bridgehead atoms. The monoisotopic (exact) mass is 349 g/mol. The minimum atomic E-state index is -0.160. The van der Waals surface area contributed by atoms with E-state index in [2.05, 4.69) is 27.7 Å². The third-order valence-corrected chi connectivity index (χ3v) is 5.33. The second-order valence-electron chi connectivity index (χ2n) is 7.24. The van der Waals surface area contributed by atoms with Crippen molar-refractivity contribution in [3.05, 3.63) is 54.1 Å². The summed E-state index contributed by atoms with van der Waals surface area (Å²) in [6.07, 6.45) is 4.00. The van der Waals surface area contributed by atoms with Crippen LogP contribution in [0.5, 0.6) is 0 Å². The van der Waals surface area contributed by atoms with Gasteiger partial charge in [0, 0.05) is 42.1 Å². The van der Waals surface area contributed by atoms with Crippen molar-refractivity contribution >= 4 is 28.9 Å². The first-order valence-corrected chi connectivity index (χ1v) is 9.14. The lowest BCUT2D eigenvalue weighted by Gasteiger charge is -2.29. The van der Waals surface area contributed by atoms with Gasteiger partial charge in [0.25, 0.3) is 5.91 Å². The van der Waals surface area contributed by atoms with Crippen molar-refractivity contribution < 1.29 is 9.59 Å². The number of rotatable bonds is 4. The maximum atomic E-state index is 12.4. The normalized spacial score (nSPS) is 20.9. The first-order chi connectivity index (χ1) is 12.6. The van der Waals surface area contributed by atoms with Crippen LogP contribution in [0.3, 0.4) is 0 Å². The lowest BCUT2D eigenvalue weighted by Crippen LogP contribution is -2.31. The average molecular weight is 349 g/mol. The Morgan fingerprint density at radius 3 is 2.15 bits per heavy atom. The summed E-state index contributed by atoms with van der Waals surface area (Å²) >= 11 is 0. The number of anilines is 3. The van der Waals surface area contributed by atoms with Crippen LogP contribution in [0.1, 0.15) is 36.5 Å². The SMILES string of the molecule is CC(=O)Nc1ccc(C(=O)Nc2ccc(N3C[C@H]4CC[C@H]3C4)cc2)cc1. The van der Waals surface area contributed by atoms with E-state index in [0.29, 0.717) is 17.3 Å². The van der Waals surface area contributed by atoms with Crippen molar-refractivity contribution in [2.45, 2.75) is 32.2 Å². The van der Waals surface area contributed by atoms with Crippen molar-refractivity contribution in [2.75, 3.05) is 22.1 Å². The van der Waals surface area contributed by atoms with Gasteiger partial charge in [0.15, 0.2) is 0 Å². The van der Waals surface area contributed by atoms with E-state index in [9.17, 15) is 9.59 Å². The molecule has 0 unspecified atom stereocenters. The molecule has 1 aliphatic heterocycles. The maximum absolute atomic E-state index is 12.4. The van der Waals surface area contributed by atoms with Crippen molar-refractivity contribution in [3.8, 4) is 0 Å². The first kappa shape index (κ1) is 16.6. The van der Waals surface area contributed by atoms with Gasteiger partial charge in [0.05, 0.1) is 0 Å². The van der Waals surface area contributed by atoms with Gasteiger partial charge in [-0.1, -0.05) is 0 Å². The fourth-order valence-corrected chi connectivity index (χ4v) is 4.09. The Morgan fingerprint density at radius 1 is 0.923 bits per heavy atom. The fraction of sp³-hybridized carbons (Fsp3) is 0.333. The summed E-state index contributed by atoms with van der Waals surface area (Å²) in [4.78, 5) is 25.9. The predicted octanol–water partition coefficient (Wildman–Crippen LogP) is 3.89. The Morgan fingerprint density at radius 2 is 1.58 bits per heavy atom. The number of carbonyl (C=O) groups is 2. The van der Waals surface area contributed by atoms with E-state index in [0.717, 1.165) is 18.2 Å². The molecule has 2 aromatic rings. The minimum absolute atomic E-state index is 0.131. The number of fused-ring (bicyclic) bond motifs is 2. The lowest BCUT2D eigenvalue weighted by atomic mass is 10.1. The van der Waals surface area contributed by atoms with Crippen LogP contribution in [-0.2, 0) is 4.79 Å². The molecule has 1 saturated heterocycles. The summed E-state index contributed by atoms with van der Waals surface area (Å²) in [6.45, 7) is 2.62. The average Bonchev–Trinajstić information content (AvgIpc) is 3.26. The molecule has 2 aromatic carbocycles. The first-order valence-electron chi connectivity index (χ1n) is 9.14. The molecule has 26 heavy (non-hydrogen) atoms. The topological polar surface area (TPSA) is 61.4 Å². The van der Waals surface area contributed by atoms with Crippen molar-refractivity contribution in [1.82, 2.24) is 0 Å². The summed E-state index contributed by atoms with van der Waals surface area (Å²) < 4.78 is 0. The molecule has 4 rings (SSSR count). The fourth-order valence-electron chi connectivity index (χ4n) is 4.09. The molecule has 5 nitrogen and oxygen atoms in total. The molecule has 2 fully saturated rings. The number of hydrogen-bond donors (Lipinski definition) is 2. The van der Waals surface area contributed by atoms with Crippen LogP contribution in [0.2, 0.25) is 0 Å². The standard InChI is InChI=1S/C21H23N3O2/c1-14(25)22-17-5-3-16(4-6-17)21(26)23-18-7-10-19(11-8-18)24-13-15-2-9-20(24)12-15/h3-8,10-11,15,20H,2,9,12-13H2,1H3,(H,22,25)(H,23,26)/t15-,20-/m0/s1. The van der Waals surface area contributed by atoms with Crippen LogP contribution in [-0.4, -0.2) is 24.4 Å². The van der Waals surface area contributed by atoms with E-state index in [-0.39, 0.29) is 11.8 Å². The smallest absolute Gasteiger partial charge is 0.255 e. The van der Waals surface area contributed by atoms with Gasteiger partial charge >= 0.3 is 0 Å². The van der Waals surface area contributed by atoms with Gasteiger partial charge in [-0.15, -0.1) is 0 Å². The molecule has 1 heterocycles. The quantitative estimate of drug-likeness (QED) is 0.880. The van der Waals surface area contributed by atoms with E-state index in [1.165, 1.54) is 31.9 Å². The highest BCUT2D eigenvalue weighted by Crippen LogP contribution is 2.40. The highest BCUT2D eigenvalue weighted by Gasteiger charge is 2.37. The molecule has 1 aliphatic carbocycles. The van der Waals surface area contributed by atoms with Crippen LogP contribution >= 0.6 is 0 Å². The Hall–Kier alpha value is -2.82. The predicted molar refractivity (Wildman–Crippen MR) is 104 cm³/mol. The molecule has 2 N–H and O–H groups in total. The lowest BCUT2D eigenvalue weighted by molar-refractivity contribution is -0.114. The van der Waals surface area contributed by atoms with Gasteiger partial charge in [0.2, 0.25) is 5.91 Å². The van der Waals surface area contributed by atoms with E-state index < -0.39 is 0 Å². The summed E-state index contributed by atoms with van der Waals surface area (Å²) in [5, 5.41) is 5.62. The molecular formula is C21H23N3O2. The molecule has 0 spiro atoms. The highest BCUT2D eigenvalue weighted by atomic mass is 16.2. The Balaban J connectivity index is 1.39. The summed E-state index contributed by atoms with van der Waals surface area (Å²) in [5.74, 6) is 0.570. The van der Waals surface area contributed by atoms with Gasteiger partial charge in [-0.25, -0.2) is 0 Å². The molecule has 0 radical (unpaired) electrons. The highest BCUT2D eigenvalue weighted by molar-refractivity contribution is 6.04. The number of nitrogens with zero attached hydrogens (tertiary/aromatic N) is 1. The van der Waals surface area contributed by atoms with Gasteiger partial charge in [-0.3, -0.25) is 9.59 Å². The zero-order chi connectivity index (χ0) is 18.1. The van der Waals surface area contributed by atoms with E-state index >= 15 is 0 Å². The molecule has 2 amide bonds. The van der Waals surface area contributed by atoms with Crippen molar-refractivity contribution in [1.29, 1.82) is 0 Å². The minimum Gasteiger partial charge on any atom is -0.368 e. The third-order valence-electron chi connectivity index (χ3n) is 5.33. The molecule has 5 heteroatoms. The summed E-state index contributed by atoms with van der Waals surface area (Å²) in [5.41, 5.74) is 3.27. The Labute approximate surface area is 153 Å². The Bertz CT molecular complexity index is 814. The molecule has 2 atom stereocenters. The van der Waals surface area contributed by atoms with Crippen molar-refractivity contribution in [3.63, 3.8) is 0 Å². The molecule has 2 aliphatic rings. The third kappa shape index (κ3) is 3.43. The number of benzene rings is 2. The van der Waals surface area contributed by atoms with Crippen LogP contribution in [0, 0.1) is 5.92 Å². The Kier molecular flexibility index (Phi) is 4.37. The number of carbonyl (C=O) groups excluding carboxylic acids is 2. The van der Waals surface area contributed by atoms with E-state index in [4.69, 9.17) is 0 Å². The van der Waals surface area contributed by atoms with Gasteiger partial charge in [0.1, 0.15) is 0 Å². The van der Waals surface area contributed by atoms with Gasteiger partial charge < -0.3 is 15.5 Å². The van der Waals surface area contributed by atoms with Crippen LogP contribution in [0.25, 0.3) is 0 Å². The maximum Gasteiger partial charge on any atom is 0.255 e. The van der Waals surface area contributed by atoms with Crippen LogP contribution in [0.15, 0.2) is 48.5 Å². The zero-order valence-corrected chi connectivity index (χ0v) is 14.9. The van der Waals surface area contributed by atoms with E-state index in [1.807, 2.05) is 12.1 Å². The molecule has 0 aromatic heterocycles. The molecule has 134 valence electrons. The van der Waals surface area contributed by atoms with Gasteiger partial charge in [-0.05, 0) is 73.7 Å². The van der Waals surface area contributed by atoms with Crippen LogP contribution in [0.4, 0.5) is 17.1 Å². The number of nitrogens with one attached hydrogen (secondary N) is 2. The number of amides is 2. The summed E-state index contributed by atoms with van der Waals surface area (Å²) in [7, 11) is 0. The molecule has 1 saturated carbocycles. The molecular weight excluding hydrogens is 326 g/mol. The van der Waals surface area contributed by atoms with Gasteiger partial charge in [-0.2, -0.15) is 0 Å². The number of hydrogen-bond acceptors (Lipinski definition) is 3. The number of piperidine rings is 1. The second-order valence-corrected chi connectivity index (χ2v) is 7.24. The largest absolute Gasteiger partial charge is 0.368 e. The van der Waals surface area contributed by atoms with Crippen molar-refractivity contribution in [2.24, 2.45) is 5.92 Å². The van der Waals surface area contributed by atoms with Crippen LogP contribution < -0.4 is 15.5 Å². The summed E-state index contributed by atoms with van der Waals surface area (Å²) in [6, 6.07) is 15.7. The van der Waals surface area contributed by atoms with E-state index in [1.54, 1.807) is 24.3 Å². The zero-order valence-electron chi connectivity index (χ0n) is 14.9. The second kappa shape index (κ2) is 6.83.